The van der Waals surface area contributed by atoms with Gasteiger partial charge in [-0.1, -0.05) is 23.7 Å². The Kier molecular flexibility index (Phi) is 6.41. The van der Waals surface area contributed by atoms with Crippen LogP contribution in [0.15, 0.2) is 24.3 Å². The van der Waals surface area contributed by atoms with Gasteiger partial charge in [0.2, 0.25) is 0 Å². The van der Waals surface area contributed by atoms with Crippen molar-refractivity contribution in [2.24, 2.45) is 11.1 Å². The molecule has 1 unspecified atom stereocenters. The summed E-state index contributed by atoms with van der Waals surface area (Å²) >= 11 is 6.08. The van der Waals surface area contributed by atoms with Gasteiger partial charge in [0.25, 0.3) is 10.2 Å². The monoisotopic (exact) mass is 361 g/mol. The molecule has 0 saturated carbocycles. The first-order valence-corrected chi connectivity index (χ1v) is 9.70. The van der Waals surface area contributed by atoms with Crippen molar-refractivity contribution < 1.29 is 13.5 Å². The van der Waals surface area contributed by atoms with Crippen molar-refractivity contribution in [3.63, 3.8) is 0 Å². The van der Waals surface area contributed by atoms with Gasteiger partial charge in [0, 0.05) is 24.0 Å². The summed E-state index contributed by atoms with van der Waals surface area (Å²) < 4.78 is 24.2. The van der Waals surface area contributed by atoms with E-state index in [0.29, 0.717) is 17.9 Å². The summed E-state index contributed by atoms with van der Waals surface area (Å²) in [4.78, 5) is 0. The third kappa shape index (κ3) is 5.41. The lowest BCUT2D eigenvalue weighted by Gasteiger charge is -2.39. The smallest absolute Gasteiger partial charge is 0.274 e. The molecule has 0 aromatic heterocycles. The molecule has 1 aliphatic heterocycles. The minimum Gasteiger partial charge on any atom is -0.385 e. The van der Waals surface area contributed by atoms with Gasteiger partial charge < -0.3 is 10.4 Å². The molecule has 1 saturated heterocycles. The highest BCUT2D eigenvalue weighted by atomic mass is 35.5. The summed E-state index contributed by atoms with van der Waals surface area (Å²) in [5.41, 5.74) is -0.271. The van der Waals surface area contributed by atoms with Crippen LogP contribution in [-0.2, 0) is 15.8 Å². The predicted octanol–water partition coefficient (Wildman–Crippen LogP) is 1.10. The van der Waals surface area contributed by atoms with Gasteiger partial charge in [0.15, 0.2) is 0 Å². The average Bonchev–Trinajstić information content (AvgIpc) is 2.51. The third-order valence-electron chi connectivity index (χ3n) is 4.33. The fourth-order valence-electron chi connectivity index (χ4n) is 3.17. The summed E-state index contributed by atoms with van der Waals surface area (Å²) in [5.74, 6) is 0.0594. The number of piperidine rings is 1. The van der Waals surface area contributed by atoms with E-state index >= 15 is 0 Å². The van der Waals surface area contributed by atoms with Crippen LogP contribution in [0.5, 0.6) is 0 Å². The van der Waals surface area contributed by atoms with Gasteiger partial charge in [-0.25, -0.2) is 9.86 Å². The van der Waals surface area contributed by atoms with Crippen LogP contribution >= 0.6 is 11.6 Å². The van der Waals surface area contributed by atoms with Crippen molar-refractivity contribution in [1.82, 2.24) is 10.0 Å². The minimum absolute atomic E-state index is 0.0594. The summed E-state index contributed by atoms with van der Waals surface area (Å²) in [6.45, 7) is 1.88. The second-order valence-electron chi connectivity index (χ2n) is 6.02. The fraction of sp³-hybridized carbons (Fsp3) is 0.600. The summed E-state index contributed by atoms with van der Waals surface area (Å²) in [5, 5.41) is 20.2. The minimum atomic E-state index is -3.70. The Balaban J connectivity index is 2.13. The Labute approximate surface area is 142 Å². The first-order valence-electron chi connectivity index (χ1n) is 7.78. The number of nitrogens with two attached hydrogens (primary N) is 1. The van der Waals surface area contributed by atoms with Gasteiger partial charge in [-0.3, -0.25) is 0 Å². The molecule has 1 fully saturated rings. The van der Waals surface area contributed by atoms with Crippen molar-refractivity contribution in [2.75, 3.05) is 19.6 Å². The van der Waals surface area contributed by atoms with Crippen LogP contribution in [0.1, 0.15) is 31.2 Å². The number of hydrogen-bond acceptors (Lipinski definition) is 4. The largest absolute Gasteiger partial charge is 0.385 e. The van der Waals surface area contributed by atoms with E-state index in [4.69, 9.17) is 16.7 Å². The molecule has 0 amide bonds. The zero-order valence-corrected chi connectivity index (χ0v) is 14.5. The summed E-state index contributed by atoms with van der Waals surface area (Å²) in [6.07, 6.45) is 2.83. The molecule has 0 radical (unpaired) electrons. The molecule has 5 N–H and O–H groups in total. The van der Waals surface area contributed by atoms with E-state index in [9.17, 15) is 13.5 Å². The summed E-state index contributed by atoms with van der Waals surface area (Å²) in [6, 6.07) is 7.24. The number of rotatable bonds is 7. The Hall–Kier alpha value is -0.700. The first-order chi connectivity index (χ1) is 10.8. The first kappa shape index (κ1) is 18.6. The second-order valence-corrected chi connectivity index (χ2v) is 7.84. The van der Waals surface area contributed by atoms with Gasteiger partial charge in [0.1, 0.15) is 0 Å². The molecule has 23 heavy (non-hydrogen) atoms. The van der Waals surface area contributed by atoms with E-state index in [1.807, 2.05) is 12.1 Å². The Bertz CT molecular complexity index is 620. The van der Waals surface area contributed by atoms with Crippen LogP contribution in [0.4, 0.5) is 0 Å². The van der Waals surface area contributed by atoms with Crippen LogP contribution in [0, 0.1) is 5.92 Å². The maximum absolute atomic E-state index is 11.4. The normalized spacial score (nSPS) is 21.8. The lowest BCUT2D eigenvalue weighted by Crippen LogP contribution is -2.44. The number of nitrogens with one attached hydrogen (secondary N) is 2. The van der Waals surface area contributed by atoms with Gasteiger partial charge in [-0.05, 0) is 49.9 Å². The highest BCUT2D eigenvalue weighted by Crippen LogP contribution is 2.38. The zero-order valence-electron chi connectivity index (χ0n) is 13.0. The molecule has 1 heterocycles. The lowest BCUT2D eigenvalue weighted by atomic mass is 9.74. The maximum atomic E-state index is 11.4. The standard InChI is InChI=1S/C15H24ClN3O3S/c16-14-6-1-4-12(10-14)15(20,13-5-2-8-18-11-13)7-3-9-19-23(17,21)22/h1,4,6,10,13,18-20H,2-3,5,7-9,11H2,(H2,17,21,22)/t13?,15-/m1/s1. The van der Waals surface area contributed by atoms with E-state index in [2.05, 4.69) is 10.0 Å². The molecule has 0 aliphatic carbocycles. The average molecular weight is 362 g/mol. The molecule has 2 rings (SSSR count). The van der Waals surface area contributed by atoms with Crippen LogP contribution in [-0.4, -0.2) is 33.2 Å². The van der Waals surface area contributed by atoms with Crippen LogP contribution < -0.4 is 15.2 Å². The third-order valence-corrected chi connectivity index (χ3v) is 5.18. The number of hydrogen-bond donors (Lipinski definition) is 4. The molecule has 130 valence electrons. The lowest BCUT2D eigenvalue weighted by molar-refractivity contribution is -0.0419. The molecular formula is C15H24ClN3O3S. The highest BCUT2D eigenvalue weighted by Gasteiger charge is 2.38. The molecule has 1 aromatic rings. The summed E-state index contributed by atoms with van der Waals surface area (Å²) in [7, 11) is -3.70. The quantitative estimate of drug-likeness (QED) is 0.546. The Morgan fingerprint density at radius 1 is 1.48 bits per heavy atom. The van der Waals surface area contributed by atoms with E-state index in [0.717, 1.165) is 31.5 Å². The van der Waals surface area contributed by atoms with Gasteiger partial charge in [0.05, 0.1) is 5.60 Å². The number of aliphatic hydroxyl groups is 1. The van der Waals surface area contributed by atoms with Crippen LogP contribution in [0.3, 0.4) is 0 Å². The molecule has 1 aromatic carbocycles. The van der Waals surface area contributed by atoms with E-state index in [1.165, 1.54) is 0 Å². The van der Waals surface area contributed by atoms with Crippen molar-refractivity contribution in [3.05, 3.63) is 34.9 Å². The van der Waals surface area contributed by atoms with E-state index in [1.54, 1.807) is 12.1 Å². The number of benzene rings is 1. The molecule has 1 aliphatic rings. The highest BCUT2D eigenvalue weighted by molar-refractivity contribution is 7.87. The van der Waals surface area contributed by atoms with Crippen molar-refractivity contribution in [1.29, 1.82) is 0 Å². The van der Waals surface area contributed by atoms with Crippen molar-refractivity contribution in [3.8, 4) is 0 Å². The van der Waals surface area contributed by atoms with Gasteiger partial charge in [-0.15, -0.1) is 0 Å². The number of halogens is 1. The fourth-order valence-corrected chi connectivity index (χ4v) is 3.79. The zero-order chi connectivity index (χ0) is 16.9. The Morgan fingerprint density at radius 3 is 2.87 bits per heavy atom. The molecule has 8 heteroatoms. The SMILES string of the molecule is NS(=O)(=O)NCCC[C@@](O)(c1cccc(Cl)c1)C1CCCNC1. The molecule has 0 bridgehead atoms. The Morgan fingerprint density at radius 2 is 2.26 bits per heavy atom. The second kappa shape index (κ2) is 7.92. The van der Waals surface area contributed by atoms with E-state index < -0.39 is 15.8 Å². The van der Waals surface area contributed by atoms with Crippen LogP contribution in [0.2, 0.25) is 5.02 Å². The maximum Gasteiger partial charge on any atom is 0.274 e. The van der Waals surface area contributed by atoms with Gasteiger partial charge >= 0.3 is 0 Å². The molecule has 0 spiro atoms. The van der Waals surface area contributed by atoms with Crippen molar-refractivity contribution in [2.45, 2.75) is 31.3 Å². The van der Waals surface area contributed by atoms with E-state index in [-0.39, 0.29) is 12.5 Å². The molecular weight excluding hydrogens is 338 g/mol. The van der Waals surface area contributed by atoms with Crippen LogP contribution in [0.25, 0.3) is 0 Å². The topological polar surface area (TPSA) is 104 Å². The predicted molar refractivity (Wildman–Crippen MR) is 91.3 cm³/mol. The molecule has 6 nitrogen and oxygen atoms in total. The van der Waals surface area contributed by atoms with Gasteiger partial charge in [-0.2, -0.15) is 8.42 Å². The van der Waals surface area contributed by atoms with Crippen molar-refractivity contribution >= 4 is 21.8 Å². The molecule has 2 atom stereocenters.